The number of halogens is 1. The van der Waals surface area contributed by atoms with Gasteiger partial charge in [-0.2, -0.15) is 0 Å². The van der Waals surface area contributed by atoms with Gasteiger partial charge in [0.1, 0.15) is 11.7 Å². The fraction of sp³-hybridized carbons (Fsp3) is 0.636. The maximum absolute atomic E-state index is 14.0. The first-order chi connectivity index (χ1) is 8.80. The molecule has 1 aliphatic heterocycles. The molecule has 2 rings (SSSR count). The lowest BCUT2D eigenvalue weighted by Crippen LogP contribution is -2.42. The van der Waals surface area contributed by atoms with Crippen molar-refractivity contribution in [3.05, 3.63) is 32.6 Å². The first-order valence-corrected chi connectivity index (χ1v) is 5.73. The number of aliphatic hydroxyl groups excluding tert-OH is 2. The number of nitrogens with zero attached hydrogens (tertiary/aromatic N) is 1. The lowest BCUT2D eigenvalue weighted by Gasteiger charge is -2.24. The van der Waals surface area contributed by atoms with E-state index >= 15 is 0 Å². The van der Waals surface area contributed by atoms with Crippen molar-refractivity contribution in [3.8, 4) is 0 Å². The Hall–Kier alpha value is -1.51. The zero-order chi connectivity index (χ0) is 14.4. The van der Waals surface area contributed by atoms with E-state index in [2.05, 4.69) is 0 Å². The predicted octanol–water partition coefficient (Wildman–Crippen LogP) is -1.18. The van der Waals surface area contributed by atoms with E-state index in [0.29, 0.717) is 0 Å². The van der Waals surface area contributed by atoms with Gasteiger partial charge in [0, 0.05) is 11.8 Å². The van der Waals surface area contributed by atoms with Gasteiger partial charge < -0.3 is 14.9 Å². The molecule has 0 bridgehead atoms. The molecule has 8 heteroatoms. The lowest BCUT2D eigenvalue weighted by molar-refractivity contribution is -0.117. The second-order valence-electron chi connectivity index (χ2n) is 4.85. The summed E-state index contributed by atoms with van der Waals surface area (Å²) in [6, 6.07) is 0. The summed E-state index contributed by atoms with van der Waals surface area (Å²) in [6.45, 7) is 2.20. The van der Waals surface area contributed by atoms with E-state index in [4.69, 9.17) is 9.84 Å². The van der Waals surface area contributed by atoms with Crippen LogP contribution < -0.4 is 11.2 Å². The highest BCUT2D eigenvalue weighted by Gasteiger charge is 2.53. The van der Waals surface area contributed by atoms with E-state index in [0.717, 1.165) is 10.8 Å². The molecule has 1 saturated heterocycles. The van der Waals surface area contributed by atoms with Crippen LogP contribution in [0.25, 0.3) is 0 Å². The normalized spacial score (nSPS) is 34.7. The van der Waals surface area contributed by atoms with E-state index in [-0.39, 0.29) is 5.56 Å². The Morgan fingerprint density at radius 3 is 2.74 bits per heavy atom. The molecule has 1 aromatic heterocycles. The predicted molar refractivity (Wildman–Crippen MR) is 62.6 cm³/mol. The second-order valence-corrected chi connectivity index (χ2v) is 4.85. The van der Waals surface area contributed by atoms with Crippen molar-refractivity contribution in [1.82, 2.24) is 9.55 Å². The average Bonchev–Trinajstić information content (AvgIpc) is 2.59. The van der Waals surface area contributed by atoms with Crippen LogP contribution in [0.2, 0.25) is 0 Å². The molecule has 7 nitrogen and oxygen atoms in total. The second kappa shape index (κ2) is 4.55. The van der Waals surface area contributed by atoms with E-state index in [1.807, 2.05) is 4.98 Å². The minimum atomic E-state index is -1.89. The maximum Gasteiger partial charge on any atom is 0.330 e. The molecule has 1 aliphatic rings. The highest BCUT2D eigenvalue weighted by atomic mass is 19.1. The van der Waals surface area contributed by atoms with E-state index in [1.54, 1.807) is 0 Å². The van der Waals surface area contributed by atoms with Crippen LogP contribution in [-0.4, -0.2) is 44.2 Å². The highest BCUT2D eigenvalue weighted by molar-refractivity contribution is 5.05. The zero-order valence-electron chi connectivity index (χ0n) is 10.5. The number of aromatic nitrogens is 2. The number of H-pyrrole nitrogens is 1. The van der Waals surface area contributed by atoms with Crippen LogP contribution in [0.15, 0.2) is 15.8 Å². The molecule has 106 valence electrons. The van der Waals surface area contributed by atoms with Crippen LogP contribution in [-0.2, 0) is 4.74 Å². The first-order valence-electron chi connectivity index (χ1n) is 5.73. The molecule has 0 spiro atoms. The molecule has 1 aromatic rings. The quantitative estimate of drug-likeness (QED) is 0.630. The monoisotopic (exact) mass is 274 g/mol. The Morgan fingerprint density at radius 2 is 2.21 bits per heavy atom. The van der Waals surface area contributed by atoms with Crippen LogP contribution in [0, 0.1) is 6.92 Å². The summed E-state index contributed by atoms with van der Waals surface area (Å²) in [5.41, 5.74) is -2.69. The van der Waals surface area contributed by atoms with E-state index < -0.39 is 42.0 Å². The molecule has 4 atom stereocenters. The molecule has 19 heavy (non-hydrogen) atoms. The number of aromatic amines is 1. The molecule has 3 N–H and O–H groups in total. The summed E-state index contributed by atoms with van der Waals surface area (Å²) in [5.74, 6) is 0. The number of aliphatic hydroxyl groups is 2. The van der Waals surface area contributed by atoms with E-state index in [1.165, 1.54) is 13.8 Å². The first kappa shape index (κ1) is 13.9. The molecule has 0 amide bonds. The van der Waals surface area contributed by atoms with Gasteiger partial charge in [-0.25, -0.2) is 9.18 Å². The van der Waals surface area contributed by atoms with Crippen molar-refractivity contribution in [3.63, 3.8) is 0 Å². The molecule has 0 radical (unpaired) electrons. The van der Waals surface area contributed by atoms with Gasteiger partial charge in [-0.3, -0.25) is 14.3 Å². The van der Waals surface area contributed by atoms with Gasteiger partial charge in [0.25, 0.3) is 5.56 Å². The third-order valence-corrected chi connectivity index (χ3v) is 3.32. The van der Waals surface area contributed by atoms with Crippen molar-refractivity contribution in [1.29, 1.82) is 0 Å². The number of aryl methyl sites for hydroxylation is 1. The number of hydrogen-bond donors (Lipinski definition) is 3. The van der Waals surface area contributed by atoms with E-state index in [9.17, 15) is 19.1 Å². The Balaban J connectivity index is 2.47. The Labute approximate surface area is 107 Å². The van der Waals surface area contributed by atoms with Crippen LogP contribution in [0.5, 0.6) is 0 Å². The van der Waals surface area contributed by atoms with Gasteiger partial charge in [0.05, 0.1) is 6.61 Å². The van der Waals surface area contributed by atoms with Crippen molar-refractivity contribution in [2.24, 2.45) is 0 Å². The van der Waals surface area contributed by atoms with Crippen LogP contribution in [0.1, 0.15) is 18.7 Å². The number of rotatable bonds is 2. The summed E-state index contributed by atoms with van der Waals surface area (Å²) in [7, 11) is 0. The van der Waals surface area contributed by atoms with Gasteiger partial charge in [0.2, 0.25) is 0 Å². The Kier molecular flexibility index (Phi) is 3.33. The summed E-state index contributed by atoms with van der Waals surface area (Å²) in [5, 5.41) is 18.9. The van der Waals surface area contributed by atoms with Crippen LogP contribution >= 0.6 is 0 Å². The van der Waals surface area contributed by atoms with Gasteiger partial charge in [0.15, 0.2) is 12.4 Å². The van der Waals surface area contributed by atoms with Gasteiger partial charge in [-0.1, -0.05) is 0 Å². The number of nitrogens with one attached hydrogen (secondary N) is 1. The number of hydrogen-bond acceptors (Lipinski definition) is 5. The summed E-state index contributed by atoms with van der Waals surface area (Å²) in [6.07, 6.45) is -3.69. The van der Waals surface area contributed by atoms with Crippen molar-refractivity contribution < 1.29 is 19.3 Å². The van der Waals surface area contributed by atoms with Crippen molar-refractivity contribution in [2.45, 2.75) is 38.0 Å². The van der Waals surface area contributed by atoms with Crippen molar-refractivity contribution >= 4 is 0 Å². The van der Waals surface area contributed by atoms with Crippen LogP contribution in [0.3, 0.4) is 0 Å². The lowest BCUT2D eigenvalue weighted by atomic mass is 9.99. The van der Waals surface area contributed by atoms with Gasteiger partial charge >= 0.3 is 5.69 Å². The molecular weight excluding hydrogens is 259 g/mol. The minimum absolute atomic E-state index is 0.211. The third-order valence-electron chi connectivity index (χ3n) is 3.32. The van der Waals surface area contributed by atoms with Crippen LogP contribution in [0.4, 0.5) is 4.39 Å². The average molecular weight is 274 g/mol. The fourth-order valence-corrected chi connectivity index (χ4v) is 2.02. The molecule has 0 aliphatic carbocycles. The Morgan fingerprint density at radius 1 is 1.58 bits per heavy atom. The minimum Gasteiger partial charge on any atom is -0.393 e. The van der Waals surface area contributed by atoms with Gasteiger partial charge in [-0.15, -0.1) is 0 Å². The zero-order valence-corrected chi connectivity index (χ0v) is 10.5. The number of ether oxygens (including phenoxy) is 1. The summed E-state index contributed by atoms with van der Waals surface area (Å²) >= 11 is 0. The molecule has 0 saturated carbocycles. The number of alkyl halides is 1. The molecule has 1 fully saturated rings. The van der Waals surface area contributed by atoms with Crippen molar-refractivity contribution in [2.75, 3.05) is 6.61 Å². The fourth-order valence-electron chi connectivity index (χ4n) is 2.02. The molecule has 0 aromatic carbocycles. The summed E-state index contributed by atoms with van der Waals surface area (Å²) < 4.78 is 20.1. The Bertz CT molecular complexity index is 597. The smallest absolute Gasteiger partial charge is 0.330 e. The maximum atomic E-state index is 14.0. The standard InChI is InChI=1S/C11H15FN2O5/c1-5-3-14(10(18)13-8(5)17)9-6(12)7(16)11(2,4-15)19-9/h3,6-7,9,15-16H,4H2,1-2H3,(H,13,17,18)/t6-,7+,9-,11-/m1/s1. The largest absolute Gasteiger partial charge is 0.393 e. The molecule has 0 unspecified atom stereocenters. The topological polar surface area (TPSA) is 105 Å². The molecule has 2 heterocycles. The summed E-state index contributed by atoms with van der Waals surface area (Å²) in [4.78, 5) is 24.9. The highest BCUT2D eigenvalue weighted by Crippen LogP contribution is 2.37. The third kappa shape index (κ3) is 2.11. The molecular formula is C11H15FN2O5. The SMILES string of the molecule is Cc1cn([C@@H]2O[C@](C)(CO)[C@@H](O)[C@H]2F)c(=O)[nH]c1=O. The van der Waals surface area contributed by atoms with Gasteiger partial charge in [-0.05, 0) is 13.8 Å².